The standard InChI is InChI=1S/C14H23N3O4S/c1-3-5-8-16(7-4-2)13(20)12(19)15-6-9-17-11(18)10-22-14(17)21/h3-10H2,1-2H3,(H,15,19). The summed E-state index contributed by atoms with van der Waals surface area (Å²) in [5.41, 5.74) is 0. The van der Waals surface area contributed by atoms with Gasteiger partial charge in [-0.05, 0) is 12.8 Å². The topological polar surface area (TPSA) is 86.8 Å². The van der Waals surface area contributed by atoms with E-state index in [0.717, 1.165) is 35.9 Å². The van der Waals surface area contributed by atoms with E-state index in [-0.39, 0.29) is 30.0 Å². The average Bonchev–Trinajstić information content (AvgIpc) is 2.82. The first-order valence-electron chi connectivity index (χ1n) is 7.55. The summed E-state index contributed by atoms with van der Waals surface area (Å²) in [4.78, 5) is 49.3. The summed E-state index contributed by atoms with van der Waals surface area (Å²) in [5.74, 6) is -1.35. The van der Waals surface area contributed by atoms with Crippen LogP contribution in [0.4, 0.5) is 4.79 Å². The molecular formula is C14H23N3O4S. The van der Waals surface area contributed by atoms with Crippen molar-refractivity contribution < 1.29 is 19.2 Å². The maximum absolute atomic E-state index is 12.1. The van der Waals surface area contributed by atoms with Crippen LogP contribution >= 0.6 is 11.8 Å². The van der Waals surface area contributed by atoms with Crippen LogP contribution in [0.2, 0.25) is 0 Å². The summed E-state index contributed by atoms with van der Waals surface area (Å²) >= 11 is 0.949. The molecule has 0 atom stereocenters. The lowest BCUT2D eigenvalue weighted by Crippen LogP contribution is -2.46. The van der Waals surface area contributed by atoms with Crippen molar-refractivity contribution in [3.8, 4) is 0 Å². The molecule has 0 radical (unpaired) electrons. The van der Waals surface area contributed by atoms with Crippen LogP contribution in [0, 0.1) is 0 Å². The minimum atomic E-state index is -0.684. The van der Waals surface area contributed by atoms with Crippen molar-refractivity contribution >= 4 is 34.7 Å². The Morgan fingerprint density at radius 2 is 1.95 bits per heavy atom. The monoisotopic (exact) mass is 329 g/mol. The molecule has 7 nitrogen and oxygen atoms in total. The van der Waals surface area contributed by atoms with E-state index in [4.69, 9.17) is 0 Å². The van der Waals surface area contributed by atoms with Crippen LogP contribution in [0.15, 0.2) is 0 Å². The van der Waals surface area contributed by atoms with Gasteiger partial charge in [0.1, 0.15) is 0 Å². The molecular weight excluding hydrogens is 306 g/mol. The molecule has 1 aliphatic rings. The van der Waals surface area contributed by atoms with Gasteiger partial charge in [0.25, 0.3) is 5.24 Å². The fraction of sp³-hybridized carbons (Fsp3) is 0.714. The van der Waals surface area contributed by atoms with Crippen molar-refractivity contribution in [2.75, 3.05) is 31.9 Å². The molecule has 1 fully saturated rings. The molecule has 22 heavy (non-hydrogen) atoms. The SMILES string of the molecule is CCCCN(CCC)C(=O)C(=O)NCCN1C(=O)CSC1=O. The Kier molecular flexibility index (Phi) is 7.94. The van der Waals surface area contributed by atoms with E-state index < -0.39 is 11.8 Å². The third-order valence-electron chi connectivity index (χ3n) is 3.22. The van der Waals surface area contributed by atoms with Crippen molar-refractivity contribution in [3.05, 3.63) is 0 Å². The molecule has 0 bridgehead atoms. The molecule has 0 spiro atoms. The molecule has 1 aliphatic heterocycles. The van der Waals surface area contributed by atoms with E-state index in [1.165, 1.54) is 0 Å². The Labute approximate surface area is 134 Å². The minimum absolute atomic E-state index is 0.0936. The van der Waals surface area contributed by atoms with Gasteiger partial charge >= 0.3 is 11.8 Å². The number of nitrogens with zero attached hydrogens (tertiary/aromatic N) is 2. The highest BCUT2D eigenvalue weighted by atomic mass is 32.2. The minimum Gasteiger partial charge on any atom is -0.346 e. The Hall–Kier alpha value is -1.57. The lowest BCUT2D eigenvalue weighted by atomic mass is 10.3. The zero-order valence-corrected chi connectivity index (χ0v) is 13.9. The first-order chi connectivity index (χ1) is 10.5. The van der Waals surface area contributed by atoms with Crippen LogP contribution in [0.5, 0.6) is 0 Å². The first-order valence-corrected chi connectivity index (χ1v) is 8.54. The summed E-state index contributed by atoms with van der Waals surface area (Å²) in [5, 5.41) is 2.18. The Balaban J connectivity index is 2.40. The van der Waals surface area contributed by atoms with Gasteiger partial charge in [0.2, 0.25) is 5.91 Å². The number of thioether (sulfide) groups is 1. The predicted octanol–water partition coefficient (Wildman–Crippen LogP) is 0.837. The number of unbranched alkanes of at least 4 members (excludes halogenated alkanes) is 1. The first kappa shape index (κ1) is 18.5. The van der Waals surface area contributed by atoms with Gasteiger partial charge in [-0.1, -0.05) is 32.0 Å². The molecule has 4 amide bonds. The number of rotatable bonds is 8. The fourth-order valence-electron chi connectivity index (χ4n) is 2.03. The molecule has 0 aromatic heterocycles. The molecule has 1 N–H and O–H groups in total. The molecule has 1 rings (SSSR count). The lowest BCUT2D eigenvalue weighted by Gasteiger charge is -2.21. The Morgan fingerprint density at radius 3 is 2.50 bits per heavy atom. The van der Waals surface area contributed by atoms with Gasteiger partial charge < -0.3 is 10.2 Å². The van der Waals surface area contributed by atoms with E-state index in [1.807, 2.05) is 13.8 Å². The second-order valence-electron chi connectivity index (χ2n) is 5.00. The molecule has 0 aromatic carbocycles. The van der Waals surface area contributed by atoms with Crippen molar-refractivity contribution in [1.82, 2.24) is 15.1 Å². The second-order valence-corrected chi connectivity index (χ2v) is 5.93. The summed E-state index contributed by atoms with van der Waals surface area (Å²) in [6, 6.07) is 0. The zero-order chi connectivity index (χ0) is 16.5. The van der Waals surface area contributed by atoms with E-state index >= 15 is 0 Å². The highest BCUT2D eigenvalue weighted by molar-refractivity contribution is 8.14. The lowest BCUT2D eigenvalue weighted by molar-refractivity contribution is -0.146. The zero-order valence-electron chi connectivity index (χ0n) is 13.1. The van der Waals surface area contributed by atoms with Gasteiger partial charge in [-0.3, -0.25) is 24.1 Å². The highest BCUT2D eigenvalue weighted by Gasteiger charge is 2.29. The van der Waals surface area contributed by atoms with Crippen LogP contribution in [-0.2, 0) is 14.4 Å². The molecule has 0 aromatic rings. The largest absolute Gasteiger partial charge is 0.346 e. The molecule has 124 valence electrons. The van der Waals surface area contributed by atoms with E-state index in [1.54, 1.807) is 4.90 Å². The predicted molar refractivity (Wildman–Crippen MR) is 84.4 cm³/mol. The number of nitrogens with one attached hydrogen (secondary N) is 1. The van der Waals surface area contributed by atoms with Gasteiger partial charge in [-0.25, -0.2) is 0 Å². The Morgan fingerprint density at radius 1 is 1.23 bits per heavy atom. The molecule has 0 saturated carbocycles. The van der Waals surface area contributed by atoms with Gasteiger partial charge in [0, 0.05) is 26.2 Å². The highest BCUT2D eigenvalue weighted by Crippen LogP contribution is 2.17. The number of hydrogen-bond acceptors (Lipinski definition) is 5. The van der Waals surface area contributed by atoms with Gasteiger partial charge in [-0.2, -0.15) is 0 Å². The number of carbonyl (C=O) groups excluding carboxylic acids is 4. The van der Waals surface area contributed by atoms with Crippen molar-refractivity contribution in [2.45, 2.75) is 33.1 Å². The van der Waals surface area contributed by atoms with E-state index in [0.29, 0.717) is 13.1 Å². The van der Waals surface area contributed by atoms with E-state index in [2.05, 4.69) is 5.32 Å². The average molecular weight is 329 g/mol. The van der Waals surface area contributed by atoms with Crippen LogP contribution in [0.3, 0.4) is 0 Å². The maximum atomic E-state index is 12.1. The van der Waals surface area contributed by atoms with Gasteiger partial charge in [0.15, 0.2) is 0 Å². The number of amides is 4. The Bertz CT molecular complexity index is 426. The van der Waals surface area contributed by atoms with E-state index in [9.17, 15) is 19.2 Å². The van der Waals surface area contributed by atoms with Crippen molar-refractivity contribution in [2.24, 2.45) is 0 Å². The second kappa shape index (κ2) is 9.45. The van der Waals surface area contributed by atoms with Crippen molar-refractivity contribution in [3.63, 3.8) is 0 Å². The van der Waals surface area contributed by atoms with Crippen molar-refractivity contribution in [1.29, 1.82) is 0 Å². The van der Waals surface area contributed by atoms with Crippen LogP contribution in [-0.4, -0.2) is 64.7 Å². The summed E-state index contributed by atoms with van der Waals surface area (Å²) < 4.78 is 0. The normalized spacial score (nSPS) is 14.4. The number of hydrogen-bond donors (Lipinski definition) is 1. The summed E-state index contributed by atoms with van der Waals surface area (Å²) in [6.45, 7) is 5.29. The molecule has 8 heteroatoms. The quantitative estimate of drug-likeness (QED) is 0.667. The summed E-state index contributed by atoms with van der Waals surface area (Å²) in [7, 11) is 0. The molecule has 1 saturated heterocycles. The number of imide groups is 1. The maximum Gasteiger partial charge on any atom is 0.311 e. The summed E-state index contributed by atoms with van der Waals surface area (Å²) in [6.07, 6.45) is 2.59. The van der Waals surface area contributed by atoms with Crippen LogP contribution in [0.1, 0.15) is 33.1 Å². The molecule has 0 aliphatic carbocycles. The number of carbonyl (C=O) groups is 4. The smallest absolute Gasteiger partial charge is 0.311 e. The van der Waals surface area contributed by atoms with Gasteiger partial charge in [-0.15, -0.1) is 0 Å². The molecule has 0 unspecified atom stereocenters. The molecule has 1 heterocycles. The van der Waals surface area contributed by atoms with Gasteiger partial charge in [0.05, 0.1) is 5.75 Å². The third kappa shape index (κ3) is 5.32. The van der Waals surface area contributed by atoms with Crippen LogP contribution in [0.25, 0.3) is 0 Å². The van der Waals surface area contributed by atoms with Crippen LogP contribution < -0.4 is 5.32 Å². The fourth-order valence-corrected chi connectivity index (χ4v) is 2.78. The third-order valence-corrected chi connectivity index (χ3v) is 4.08.